The summed E-state index contributed by atoms with van der Waals surface area (Å²) in [6, 6.07) is 3.58. The molecule has 2 aromatic rings. The second-order valence-electron chi connectivity index (χ2n) is 5.04. The number of aromatic nitrogens is 2. The highest BCUT2D eigenvalue weighted by atomic mass is 19.4. The number of nitrogens with zero attached hydrogens (tertiary/aromatic N) is 2. The number of fused-ring (bicyclic) bond motifs is 1. The van der Waals surface area contributed by atoms with Crippen LogP contribution in [0, 0.1) is 0 Å². The zero-order chi connectivity index (χ0) is 14.2. The molecule has 0 spiro atoms. The number of rotatable bonds is 1. The highest BCUT2D eigenvalue weighted by molar-refractivity contribution is 5.78. The minimum atomic E-state index is -4.33. The van der Waals surface area contributed by atoms with Gasteiger partial charge in [-0.05, 0) is 37.6 Å². The van der Waals surface area contributed by atoms with Gasteiger partial charge in [-0.1, -0.05) is 0 Å². The molecule has 1 aromatic carbocycles. The van der Waals surface area contributed by atoms with Gasteiger partial charge in [-0.3, -0.25) is 0 Å². The molecule has 0 saturated carbocycles. The summed E-state index contributed by atoms with van der Waals surface area (Å²) in [5.74, 6) is 0.958. The number of piperidine rings is 1. The van der Waals surface area contributed by atoms with Gasteiger partial charge in [0.1, 0.15) is 5.82 Å². The number of hydrogen-bond donors (Lipinski definition) is 1. The van der Waals surface area contributed by atoms with E-state index < -0.39 is 11.7 Å². The molecule has 1 fully saturated rings. The molecule has 0 aliphatic carbocycles. The molecule has 1 aliphatic heterocycles. The molecular weight excluding hydrogens is 267 g/mol. The first-order chi connectivity index (χ1) is 9.54. The van der Waals surface area contributed by atoms with Crippen molar-refractivity contribution in [3.63, 3.8) is 0 Å². The maximum Gasteiger partial charge on any atom is 0.416 e. The number of nitrogens with one attached hydrogen (secondary N) is 1. The molecule has 20 heavy (non-hydrogen) atoms. The normalized spacial score (nSPS) is 20.2. The van der Waals surface area contributed by atoms with Crippen LogP contribution in [-0.4, -0.2) is 23.1 Å². The molecule has 0 bridgehead atoms. The Kier molecular flexibility index (Phi) is 3.33. The van der Waals surface area contributed by atoms with Crippen molar-refractivity contribution in [1.29, 1.82) is 0 Å². The van der Waals surface area contributed by atoms with E-state index in [-0.39, 0.29) is 5.92 Å². The smallest absolute Gasteiger partial charge is 0.316 e. The van der Waals surface area contributed by atoms with Crippen molar-refractivity contribution >= 4 is 10.9 Å². The van der Waals surface area contributed by atoms with Gasteiger partial charge in [-0.2, -0.15) is 13.2 Å². The van der Waals surface area contributed by atoms with Crippen LogP contribution in [0.1, 0.15) is 30.1 Å². The van der Waals surface area contributed by atoms with Gasteiger partial charge in [0.15, 0.2) is 0 Å². The number of benzene rings is 1. The third kappa shape index (κ3) is 2.60. The average molecular weight is 281 g/mol. The fourth-order valence-electron chi connectivity index (χ4n) is 2.49. The Bertz CT molecular complexity index is 619. The predicted molar refractivity (Wildman–Crippen MR) is 69.4 cm³/mol. The first-order valence-corrected chi connectivity index (χ1v) is 6.58. The highest BCUT2D eigenvalue weighted by Gasteiger charge is 2.30. The van der Waals surface area contributed by atoms with Gasteiger partial charge < -0.3 is 5.32 Å². The Morgan fingerprint density at radius 1 is 1.25 bits per heavy atom. The third-order valence-electron chi connectivity index (χ3n) is 3.59. The van der Waals surface area contributed by atoms with Crippen molar-refractivity contribution in [3.05, 3.63) is 35.8 Å². The first kappa shape index (κ1) is 13.3. The van der Waals surface area contributed by atoms with Gasteiger partial charge in [-0.25, -0.2) is 9.97 Å². The average Bonchev–Trinajstić information content (AvgIpc) is 2.46. The van der Waals surface area contributed by atoms with Crippen LogP contribution < -0.4 is 5.32 Å². The Labute approximate surface area is 114 Å². The van der Waals surface area contributed by atoms with E-state index in [0.29, 0.717) is 16.7 Å². The second kappa shape index (κ2) is 5.01. The lowest BCUT2D eigenvalue weighted by Crippen LogP contribution is -2.29. The molecule has 2 heterocycles. The van der Waals surface area contributed by atoms with Crippen molar-refractivity contribution < 1.29 is 13.2 Å². The van der Waals surface area contributed by atoms with E-state index >= 15 is 0 Å². The van der Waals surface area contributed by atoms with E-state index in [0.717, 1.165) is 38.1 Å². The topological polar surface area (TPSA) is 37.8 Å². The first-order valence-electron chi connectivity index (χ1n) is 6.58. The molecule has 3 rings (SSSR count). The second-order valence-corrected chi connectivity index (χ2v) is 5.04. The number of alkyl halides is 3. The third-order valence-corrected chi connectivity index (χ3v) is 3.59. The molecule has 1 aromatic heterocycles. The van der Waals surface area contributed by atoms with Crippen molar-refractivity contribution in [1.82, 2.24) is 15.3 Å². The van der Waals surface area contributed by atoms with E-state index in [9.17, 15) is 13.2 Å². The van der Waals surface area contributed by atoms with Gasteiger partial charge in [0.05, 0.1) is 11.1 Å². The minimum Gasteiger partial charge on any atom is -0.316 e. The maximum atomic E-state index is 12.6. The Morgan fingerprint density at radius 3 is 2.80 bits per heavy atom. The molecule has 3 nitrogen and oxygen atoms in total. The van der Waals surface area contributed by atoms with Crippen LogP contribution in [0.2, 0.25) is 0 Å². The summed E-state index contributed by atoms with van der Waals surface area (Å²) in [6.45, 7) is 1.82. The summed E-state index contributed by atoms with van der Waals surface area (Å²) in [4.78, 5) is 8.64. The Morgan fingerprint density at radius 2 is 2.10 bits per heavy atom. The van der Waals surface area contributed by atoms with Crippen LogP contribution in [-0.2, 0) is 6.18 Å². The fourth-order valence-corrected chi connectivity index (χ4v) is 2.49. The van der Waals surface area contributed by atoms with E-state index in [2.05, 4.69) is 15.3 Å². The lowest BCUT2D eigenvalue weighted by Gasteiger charge is -2.21. The van der Waals surface area contributed by atoms with Crippen molar-refractivity contribution in [2.75, 3.05) is 13.1 Å². The van der Waals surface area contributed by atoms with Crippen LogP contribution >= 0.6 is 0 Å². The standard InChI is InChI=1S/C14H14F3N3/c15-14(16,17)11-3-4-12-10(6-11)8-19-13(20-12)9-2-1-5-18-7-9/h3-4,6,8-9,18H,1-2,5,7H2. The van der Waals surface area contributed by atoms with Crippen LogP contribution in [0.5, 0.6) is 0 Å². The molecule has 106 valence electrons. The maximum absolute atomic E-state index is 12.6. The predicted octanol–water partition coefficient (Wildman–Crippen LogP) is 3.12. The zero-order valence-electron chi connectivity index (χ0n) is 10.7. The van der Waals surface area contributed by atoms with Crippen molar-refractivity contribution in [2.45, 2.75) is 24.9 Å². The van der Waals surface area contributed by atoms with Gasteiger partial charge in [0, 0.05) is 24.0 Å². The molecule has 1 saturated heterocycles. The minimum absolute atomic E-state index is 0.246. The number of hydrogen-bond acceptors (Lipinski definition) is 3. The molecule has 0 amide bonds. The highest BCUT2D eigenvalue weighted by Crippen LogP contribution is 2.31. The van der Waals surface area contributed by atoms with Crippen LogP contribution in [0.25, 0.3) is 10.9 Å². The SMILES string of the molecule is FC(F)(F)c1ccc2nc(C3CCCNC3)ncc2c1. The van der Waals surface area contributed by atoms with Gasteiger partial charge in [-0.15, -0.1) is 0 Å². The molecule has 0 radical (unpaired) electrons. The fraction of sp³-hybridized carbons (Fsp3) is 0.429. The Hall–Kier alpha value is -1.69. The van der Waals surface area contributed by atoms with E-state index in [1.165, 1.54) is 12.3 Å². The molecule has 1 atom stereocenters. The van der Waals surface area contributed by atoms with Crippen LogP contribution in [0.4, 0.5) is 13.2 Å². The summed E-state index contributed by atoms with van der Waals surface area (Å²) in [5.41, 5.74) is -0.103. The summed E-state index contributed by atoms with van der Waals surface area (Å²) in [7, 11) is 0. The summed E-state index contributed by atoms with van der Waals surface area (Å²) >= 11 is 0. The lowest BCUT2D eigenvalue weighted by molar-refractivity contribution is -0.137. The van der Waals surface area contributed by atoms with Gasteiger partial charge >= 0.3 is 6.18 Å². The van der Waals surface area contributed by atoms with E-state index in [4.69, 9.17) is 0 Å². The zero-order valence-corrected chi connectivity index (χ0v) is 10.7. The molecule has 6 heteroatoms. The summed E-state index contributed by atoms with van der Waals surface area (Å²) in [6.07, 6.45) is -0.764. The van der Waals surface area contributed by atoms with E-state index in [1.54, 1.807) is 0 Å². The van der Waals surface area contributed by atoms with Crippen LogP contribution in [0.15, 0.2) is 24.4 Å². The Balaban J connectivity index is 1.96. The van der Waals surface area contributed by atoms with Gasteiger partial charge in [0.2, 0.25) is 0 Å². The monoisotopic (exact) mass is 281 g/mol. The van der Waals surface area contributed by atoms with Crippen LogP contribution in [0.3, 0.4) is 0 Å². The molecule has 1 N–H and O–H groups in total. The molecule has 1 aliphatic rings. The van der Waals surface area contributed by atoms with E-state index in [1.807, 2.05) is 0 Å². The quantitative estimate of drug-likeness (QED) is 0.872. The van der Waals surface area contributed by atoms with Crippen molar-refractivity contribution in [2.24, 2.45) is 0 Å². The van der Waals surface area contributed by atoms with Crippen molar-refractivity contribution in [3.8, 4) is 0 Å². The molecule has 1 unspecified atom stereocenters. The summed E-state index contributed by atoms with van der Waals surface area (Å²) in [5, 5.41) is 3.71. The number of halogens is 3. The summed E-state index contributed by atoms with van der Waals surface area (Å²) < 4.78 is 37.9. The molecular formula is C14H14F3N3. The van der Waals surface area contributed by atoms with Gasteiger partial charge in [0.25, 0.3) is 0 Å². The lowest BCUT2D eigenvalue weighted by atomic mass is 9.98. The largest absolute Gasteiger partial charge is 0.416 e.